The van der Waals surface area contributed by atoms with Crippen molar-refractivity contribution in [2.75, 3.05) is 6.54 Å². The number of unbranched alkanes of at least 4 members (excludes halogenated alkanes) is 1. The fourth-order valence-corrected chi connectivity index (χ4v) is 1.21. The van der Waals surface area contributed by atoms with Crippen LogP contribution in [-0.2, 0) is 6.42 Å². The van der Waals surface area contributed by atoms with E-state index in [0.29, 0.717) is 6.54 Å². The highest BCUT2D eigenvalue weighted by Crippen LogP contribution is 2.06. The number of benzene rings is 1. The average Bonchev–Trinajstić information content (AvgIpc) is 2.21. The lowest BCUT2D eigenvalue weighted by atomic mass is 10.1. The van der Waals surface area contributed by atoms with E-state index < -0.39 is 0 Å². The van der Waals surface area contributed by atoms with Crippen LogP contribution in [0.1, 0.15) is 18.4 Å². The molecule has 0 aliphatic heterocycles. The van der Waals surface area contributed by atoms with Crippen LogP contribution in [0, 0.1) is 5.82 Å². The smallest absolute Gasteiger partial charge is 0.123 e. The number of azide groups is 1. The van der Waals surface area contributed by atoms with Gasteiger partial charge in [-0.1, -0.05) is 17.2 Å². The third kappa shape index (κ3) is 3.92. The molecular formula is C10H12FN3. The summed E-state index contributed by atoms with van der Waals surface area (Å²) in [6.07, 6.45) is 2.74. The minimum Gasteiger partial charge on any atom is -0.207 e. The van der Waals surface area contributed by atoms with Gasteiger partial charge in [-0.05, 0) is 42.5 Å². The first-order valence-corrected chi connectivity index (χ1v) is 4.58. The van der Waals surface area contributed by atoms with Gasteiger partial charge in [0, 0.05) is 11.5 Å². The zero-order valence-electron chi connectivity index (χ0n) is 7.86. The molecule has 0 heterocycles. The third-order valence-electron chi connectivity index (χ3n) is 1.95. The maximum atomic E-state index is 12.5. The van der Waals surface area contributed by atoms with Gasteiger partial charge >= 0.3 is 0 Å². The molecule has 1 aromatic carbocycles. The zero-order valence-corrected chi connectivity index (χ0v) is 7.86. The molecule has 0 spiro atoms. The van der Waals surface area contributed by atoms with Gasteiger partial charge in [-0.2, -0.15) is 0 Å². The first kappa shape index (κ1) is 10.5. The van der Waals surface area contributed by atoms with Gasteiger partial charge in [-0.15, -0.1) is 0 Å². The summed E-state index contributed by atoms with van der Waals surface area (Å²) in [4.78, 5) is 2.67. The van der Waals surface area contributed by atoms with Crippen molar-refractivity contribution >= 4 is 0 Å². The van der Waals surface area contributed by atoms with Crippen molar-refractivity contribution in [2.24, 2.45) is 5.11 Å². The van der Waals surface area contributed by atoms with Gasteiger partial charge in [0.15, 0.2) is 0 Å². The molecule has 0 bridgehead atoms. The van der Waals surface area contributed by atoms with Gasteiger partial charge in [-0.3, -0.25) is 0 Å². The Hall–Kier alpha value is -1.54. The summed E-state index contributed by atoms with van der Waals surface area (Å²) in [6, 6.07) is 6.48. The van der Waals surface area contributed by atoms with Crippen LogP contribution < -0.4 is 0 Å². The Bertz CT molecular complexity index is 315. The van der Waals surface area contributed by atoms with E-state index in [1.807, 2.05) is 0 Å². The summed E-state index contributed by atoms with van der Waals surface area (Å²) in [5.74, 6) is -0.206. The van der Waals surface area contributed by atoms with Crippen LogP contribution in [0.3, 0.4) is 0 Å². The van der Waals surface area contributed by atoms with Crippen molar-refractivity contribution in [3.63, 3.8) is 0 Å². The molecule has 0 amide bonds. The molecule has 0 saturated carbocycles. The lowest BCUT2D eigenvalue weighted by Gasteiger charge is -1.99. The molecule has 0 unspecified atom stereocenters. The van der Waals surface area contributed by atoms with Gasteiger partial charge in [0.05, 0.1) is 0 Å². The first-order valence-electron chi connectivity index (χ1n) is 4.58. The molecule has 0 N–H and O–H groups in total. The van der Waals surface area contributed by atoms with Crippen molar-refractivity contribution in [3.05, 3.63) is 46.1 Å². The summed E-state index contributed by atoms with van der Waals surface area (Å²) in [7, 11) is 0. The Kier molecular flexibility index (Phi) is 4.51. The van der Waals surface area contributed by atoms with Gasteiger partial charge < -0.3 is 0 Å². The maximum Gasteiger partial charge on any atom is 0.123 e. The summed E-state index contributed by atoms with van der Waals surface area (Å²) in [5.41, 5.74) is 9.15. The highest BCUT2D eigenvalue weighted by Gasteiger charge is 1.93. The van der Waals surface area contributed by atoms with Crippen LogP contribution in [0.5, 0.6) is 0 Å². The van der Waals surface area contributed by atoms with E-state index in [1.165, 1.54) is 12.1 Å². The van der Waals surface area contributed by atoms with E-state index >= 15 is 0 Å². The molecular weight excluding hydrogens is 181 g/mol. The normalized spacial score (nSPS) is 9.50. The summed E-state index contributed by atoms with van der Waals surface area (Å²) in [5, 5.41) is 3.44. The van der Waals surface area contributed by atoms with Crippen molar-refractivity contribution in [2.45, 2.75) is 19.3 Å². The third-order valence-corrected chi connectivity index (χ3v) is 1.95. The highest BCUT2D eigenvalue weighted by atomic mass is 19.1. The summed E-state index contributed by atoms with van der Waals surface area (Å²) < 4.78 is 12.5. The van der Waals surface area contributed by atoms with Crippen molar-refractivity contribution in [1.82, 2.24) is 0 Å². The molecule has 0 fully saturated rings. The Morgan fingerprint density at radius 2 is 1.93 bits per heavy atom. The molecule has 0 aliphatic rings. The van der Waals surface area contributed by atoms with Crippen LogP contribution >= 0.6 is 0 Å². The maximum absolute atomic E-state index is 12.5. The zero-order chi connectivity index (χ0) is 10.2. The standard InChI is InChI=1S/C10H12FN3/c11-10-6-4-9(5-7-10)3-1-2-8-13-14-12/h4-7H,1-3,8H2. The number of halogens is 1. The molecule has 0 radical (unpaired) electrons. The molecule has 14 heavy (non-hydrogen) atoms. The Morgan fingerprint density at radius 1 is 1.21 bits per heavy atom. The van der Waals surface area contributed by atoms with Crippen LogP contribution in [0.2, 0.25) is 0 Å². The fourth-order valence-electron chi connectivity index (χ4n) is 1.21. The van der Waals surface area contributed by atoms with Crippen LogP contribution in [0.15, 0.2) is 29.4 Å². The van der Waals surface area contributed by atoms with Crippen LogP contribution in [-0.4, -0.2) is 6.54 Å². The topological polar surface area (TPSA) is 48.8 Å². The predicted molar refractivity (Wildman–Crippen MR) is 53.4 cm³/mol. The second-order valence-corrected chi connectivity index (χ2v) is 3.04. The first-order chi connectivity index (χ1) is 6.83. The van der Waals surface area contributed by atoms with E-state index in [0.717, 1.165) is 24.8 Å². The SMILES string of the molecule is [N-]=[N+]=NCCCCc1ccc(F)cc1. The van der Waals surface area contributed by atoms with E-state index in [1.54, 1.807) is 12.1 Å². The Labute approximate surface area is 82.2 Å². The van der Waals surface area contributed by atoms with Crippen molar-refractivity contribution in [1.29, 1.82) is 0 Å². The lowest BCUT2D eigenvalue weighted by Crippen LogP contribution is -1.87. The van der Waals surface area contributed by atoms with Gasteiger partial charge in [-0.25, -0.2) is 4.39 Å². The minimum absolute atomic E-state index is 0.206. The number of hydrogen-bond donors (Lipinski definition) is 0. The van der Waals surface area contributed by atoms with Gasteiger partial charge in [0.1, 0.15) is 5.82 Å². The molecule has 0 aromatic heterocycles. The van der Waals surface area contributed by atoms with E-state index in [-0.39, 0.29) is 5.82 Å². The van der Waals surface area contributed by atoms with E-state index in [2.05, 4.69) is 10.0 Å². The molecule has 3 nitrogen and oxygen atoms in total. The fraction of sp³-hybridized carbons (Fsp3) is 0.400. The predicted octanol–water partition coefficient (Wildman–Crippen LogP) is 3.46. The second-order valence-electron chi connectivity index (χ2n) is 3.04. The second kappa shape index (κ2) is 6.00. The molecule has 0 saturated heterocycles. The molecule has 1 aromatic rings. The highest BCUT2D eigenvalue weighted by molar-refractivity contribution is 5.15. The number of hydrogen-bond acceptors (Lipinski definition) is 1. The lowest BCUT2D eigenvalue weighted by molar-refractivity contribution is 0.626. The number of rotatable bonds is 5. The molecule has 1 rings (SSSR count). The Morgan fingerprint density at radius 3 is 2.57 bits per heavy atom. The van der Waals surface area contributed by atoms with Crippen molar-refractivity contribution in [3.8, 4) is 0 Å². The molecule has 0 aliphatic carbocycles. The van der Waals surface area contributed by atoms with Gasteiger partial charge in [0.2, 0.25) is 0 Å². The molecule has 74 valence electrons. The monoisotopic (exact) mass is 193 g/mol. The number of nitrogens with zero attached hydrogens (tertiary/aromatic N) is 3. The average molecular weight is 193 g/mol. The molecule has 4 heteroatoms. The van der Waals surface area contributed by atoms with Gasteiger partial charge in [0.25, 0.3) is 0 Å². The summed E-state index contributed by atoms with van der Waals surface area (Å²) >= 11 is 0. The quantitative estimate of drug-likeness (QED) is 0.297. The van der Waals surface area contributed by atoms with Crippen molar-refractivity contribution < 1.29 is 4.39 Å². The van der Waals surface area contributed by atoms with Crippen LogP contribution in [0.25, 0.3) is 10.4 Å². The number of aryl methyl sites for hydroxylation is 1. The van der Waals surface area contributed by atoms with E-state index in [9.17, 15) is 4.39 Å². The molecule has 0 atom stereocenters. The minimum atomic E-state index is -0.206. The summed E-state index contributed by atoms with van der Waals surface area (Å²) in [6.45, 7) is 0.539. The van der Waals surface area contributed by atoms with Crippen LogP contribution in [0.4, 0.5) is 4.39 Å². The Balaban J connectivity index is 2.24. The van der Waals surface area contributed by atoms with E-state index in [4.69, 9.17) is 5.53 Å². The largest absolute Gasteiger partial charge is 0.207 e.